The van der Waals surface area contributed by atoms with E-state index < -0.39 is 5.82 Å². The molecule has 0 aliphatic carbocycles. The monoisotopic (exact) mass is 632 g/mol. The van der Waals surface area contributed by atoms with Gasteiger partial charge in [-0.25, -0.2) is 9.37 Å². The Kier molecular flexibility index (Phi) is 10.7. The average molecular weight is 633 g/mol. The summed E-state index contributed by atoms with van der Waals surface area (Å²) in [6, 6.07) is 12.7. The van der Waals surface area contributed by atoms with Gasteiger partial charge in [0.15, 0.2) is 5.82 Å². The van der Waals surface area contributed by atoms with Crippen LogP contribution in [-0.4, -0.2) is 74.2 Å². The number of amides is 2. The van der Waals surface area contributed by atoms with Gasteiger partial charge < -0.3 is 34.1 Å². The standard InChI is InChI=1S/C35H41FN4O6/c1-5-31(41)39-15-7-6-8-23(20-39)18-29-33(36)28-22-40(21-24-9-12-27(44-3)19-30(24)45-4)35(42)32(28)34(38-29)37-25-10-13-26(14-11-25)46-17-16-43-2/h5,9-14,19,23H,1,6-8,15-18,20-22H2,2-4H3,(H,37,38). The maximum Gasteiger partial charge on any atom is 0.258 e. The number of nitrogens with zero attached hydrogens (tertiary/aromatic N) is 3. The summed E-state index contributed by atoms with van der Waals surface area (Å²) in [6.45, 7) is 5.96. The molecular weight excluding hydrogens is 591 g/mol. The lowest BCUT2D eigenvalue weighted by Gasteiger charge is -2.23. The summed E-state index contributed by atoms with van der Waals surface area (Å²) in [5.41, 5.74) is 2.22. The Bertz CT molecular complexity index is 1560. The highest BCUT2D eigenvalue weighted by molar-refractivity contribution is 6.03. The normalized spacial score (nSPS) is 16.1. The molecule has 5 rings (SSSR count). The van der Waals surface area contributed by atoms with E-state index >= 15 is 4.39 Å². The van der Waals surface area contributed by atoms with Crippen molar-refractivity contribution in [2.45, 2.75) is 38.8 Å². The molecule has 2 aromatic carbocycles. The van der Waals surface area contributed by atoms with E-state index in [0.717, 1.165) is 24.8 Å². The zero-order valence-electron chi connectivity index (χ0n) is 26.6. The minimum absolute atomic E-state index is 0.0135. The molecular formula is C35H41FN4O6. The number of fused-ring (bicyclic) bond motifs is 1. The van der Waals surface area contributed by atoms with E-state index in [2.05, 4.69) is 11.9 Å². The number of hydrogen-bond acceptors (Lipinski definition) is 8. The number of pyridine rings is 1. The molecule has 2 amide bonds. The van der Waals surface area contributed by atoms with Gasteiger partial charge in [-0.1, -0.05) is 13.0 Å². The fourth-order valence-corrected chi connectivity index (χ4v) is 6.02. The molecule has 1 N–H and O–H groups in total. The van der Waals surface area contributed by atoms with Gasteiger partial charge >= 0.3 is 0 Å². The number of anilines is 2. The first-order chi connectivity index (χ1) is 22.3. The quantitative estimate of drug-likeness (QED) is 0.194. The lowest BCUT2D eigenvalue weighted by Crippen LogP contribution is -2.34. The molecule has 1 atom stereocenters. The molecule has 1 unspecified atom stereocenters. The summed E-state index contributed by atoms with van der Waals surface area (Å²) in [5, 5.41) is 3.28. The van der Waals surface area contributed by atoms with Crippen LogP contribution in [0.15, 0.2) is 55.1 Å². The van der Waals surface area contributed by atoms with Crippen molar-refractivity contribution in [2.75, 3.05) is 52.9 Å². The zero-order chi connectivity index (χ0) is 32.6. The average Bonchev–Trinajstić information content (AvgIpc) is 3.23. The van der Waals surface area contributed by atoms with Crippen molar-refractivity contribution < 1.29 is 32.9 Å². The minimum Gasteiger partial charge on any atom is -0.497 e. The van der Waals surface area contributed by atoms with E-state index in [1.807, 2.05) is 30.3 Å². The third-order valence-electron chi connectivity index (χ3n) is 8.42. The van der Waals surface area contributed by atoms with E-state index in [9.17, 15) is 9.59 Å². The summed E-state index contributed by atoms with van der Waals surface area (Å²) in [6.07, 6.45) is 4.31. The Morgan fingerprint density at radius 3 is 2.59 bits per heavy atom. The molecule has 0 bridgehead atoms. The number of nitrogens with one attached hydrogen (secondary N) is 1. The Labute approximate surface area is 269 Å². The number of carbonyl (C=O) groups excluding carboxylic acids is 2. The van der Waals surface area contributed by atoms with Gasteiger partial charge in [-0.2, -0.15) is 0 Å². The molecule has 2 aliphatic heterocycles. The highest BCUT2D eigenvalue weighted by Gasteiger charge is 2.36. The molecule has 3 heterocycles. The SMILES string of the molecule is C=CC(=O)N1CCCCC(Cc2nc(Nc3ccc(OCCOC)cc3)c3c(c2F)CN(Cc2ccc(OC)cc2OC)C3=O)C1. The summed E-state index contributed by atoms with van der Waals surface area (Å²) in [7, 11) is 4.74. The lowest BCUT2D eigenvalue weighted by atomic mass is 9.95. The van der Waals surface area contributed by atoms with Crippen LogP contribution < -0.4 is 19.5 Å². The molecule has 0 spiro atoms. The van der Waals surface area contributed by atoms with Gasteiger partial charge in [-0.05, 0) is 67.7 Å². The second kappa shape index (κ2) is 15.1. The maximum atomic E-state index is 16.4. The van der Waals surface area contributed by atoms with Crippen LogP contribution in [0.5, 0.6) is 17.2 Å². The molecule has 244 valence electrons. The van der Waals surface area contributed by atoms with E-state index in [-0.39, 0.29) is 42.1 Å². The molecule has 3 aromatic rings. The highest BCUT2D eigenvalue weighted by Crippen LogP contribution is 2.37. The van der Waals surface area contributed by atoms with Crippen LogP contribution in [0.4, 0.5) is 15.9 Å². The minimum atomic E-state index is -0.481. The number of methoxy groups -OCH3 is 3. The first-order valence-electron chi connectivity index (χ1n) is 15.5. The van der Waals surface area contributed by atoms with Crippen LogP contribution in [0, 0.1) is 11.7 Å². The number of carbonyl (C=O) groups is 2. The molecule has 1 saturated heterocycles. The lowest BCUT2D eigenvalue weighted by molar-refractivity contribution is -0.126. The topological polar surface area (TPSA) is 102 Å². The fraction of sp³-hybridized carbons (Fsp3) is 0.400. The Morgan fingerprint density at radius 2 is 1.87 bits per heavy atom. The Balaban J connectivity index is 1.46. The molecule has 1 fully saturated rings. The van der Waals surface area contributed by atoms with E-state index in [4.69, 9.17) is 23.9 Å². The zero-order valence-corrected chi connectivity index (χ0v) is 26.6. The van der Waals surface area contributed by atoms with Crippen molar-refractivity contribution in [3.8, 4) is 17.2 Å². The van der Waals surface area contributed by atoms with Crippen LogP contribution >= 0.6 is 0 Å². The molecule has 0 saturated carbocycles. The maximum absolute atomic E-state index is 16.4. The van der Waals surface area contributed by atoms with Crippen molar-refractivity contribution in [3.63, 3.8) is 0 Å². The van der Waals surface area contributed by atoms with Crippen LogP contribution in [0.2, 0.25) is 0 Å². The van der Waals surface area contributed by atoms with E-state index in [1.165, 1.54) is 6.08 Å². The smallest absolute Gasteiger partial charge is 0.258 e. The number of likely N-dealkylation sites (tertiary alicyclic amines) is 1. The first-order valence-corrected chi connectivity index (χ1v) is 15.5. The van der Waals surface area contributed by atoms with Gasteiger partial charge in [-0.15, -0.1) is 0 Å². The molecule has 11 heteroatoms. The van der Waals surface area contributed by atoms with Gasteiger partial charge in [0.1, 0.15) is 29.7 Å². The number of aromatic nitrogens is 1. The first kappa shape index (κ1) is 32.7. The Hall–Kier alpha value is -4.64. The fourth-order valence-electron chi connectivity index (χ4n) is 6.02. The third kappa shape index (κ3) is 7.42. The van der Waals surface area contributed by atoms with Gasteiger partial charge in [0, 0.05) is 49.6 Å². The van der Waals surface area contributed by atoms with Crippen LogP contribution in [0.1, 0.15) is 46.4 Å². The number of hydrogen-bond donors (Lipinski definition) is 1. The van der Waals surface area contributed by atoms with Crippen molar-refractivity contribution in [3.05, 3.63) is 83.3 Å². The highest BCUT2D eigenvalue weighted by atomic mass is 19.1. The van der Waals surface area contributed by atoms with Crippen molar-refractivity contribution in [2.24, 2.45) is 5.92 Å². The largest absolute Gasteiger partial charge is 0.497 e. The van der Waals surface area contributed by atoms with Crippen LogP contribution in [0.25, 0.3) is 0 Å². The van der Waals surface area contributed by atoms with Crippen LogP contribution in [-0.2, 0) is 29.0 Å². The molecule has 1 aromatic heterocycles. The molecule has 46 heavy (non-hydrogen) atoms. The summed E-state index contributed by atoms with van der Waals surface area (Å²) < 4.78 is 38.0. The number of ether oxygens (including phenoxy) is 4. The van der Waals surface area contributed by atoms with E-state index in [1.54, 1.807) is 43.3 Å². The second-order valence-electron chi connectivity index (χ2n) is 11.5. The molecule has 0 radical (unpaired) electrons. The van der Waals surface area contributed by atoms with Crippen LogP contribution in [0.3, 0.4) is 0 Å². The summed E-state index contributed by atoms with van der Waals surface area (Å²) in [4.78, 5) is 34.5. The van der Waals surface area contributed by atoms with Gasteiger partial charge in [-0.3, -0.25) is 9.59 Å². The summed E-state index contributed by atoms with van der Waals surface area (Å²) in [5.74, 6) is 1.24. The van der Waals surface area contributed by atoms with Gasteiger partial charge in [0.05, 0.1) is 38.6 Å². The number of rotatable bonds is 13. The number of benzene rings is 2. The van der Waals surface area contributed by atoms with Gasteiger partial charge in [0.25, 0.3) is 5.91 Å². The van der Waals surface area contributed by atoms with Crippen molar-refractivity contribution >= 4 is 23.3 Å². The van der Waals surface area contributed by atoms with Crippen molar-refractivity contribution in [1.29, 1.82) is 0 Å². The van der Waals surface area contributed by atoms with E-state index in [0.29, 0.717) is 67.0 Å². The summed E-state index contributed by atoms with van der Waals surface area (Å²) >= 11 is 0. The molecule has 10 nitrogen and oxygen atoms in total. The third-order valence-corrected chi connectivity index (χ3v) is 8.42. The second-order valence-corrected chi connectivity index (χ2v) is 11.5. The van der Waals surface area contributed by atoms with Crippen molar-refractivity contribution in [1.82, 2.24) is 14.8 Å². The Morgan fingerprint density at radius 1 is 1.09 bits per heavy atom. The predicted octanol–water partition coefficient (Wildman–Crippen LogP) is 5.52. The van der Waals surface area contributed by atoms with Gasteiger partial charge in [0.2, 0.25) is 5.91 Å². The molecule has 2 aliphatic rings. The predicted molar refractivity (Wildman–Crippen MR) is 172 cm³/mol. The number of halogens is 1.